The highest BCUT2D eigenvalue weighted by Gasteiger charge is 2.32. The number of nitrogens with one attached hydrogen (secondary N) is 2. The SMILES string of the molecule is O=C(O)c1cc(NS(=O)(=O)c2ncc[nH]2)cc(C(F)(F)F)c1. The summed E-state index contributed by atoms with van der Waals surface area (Å²) >= 11 is 0. The van der Waals surface area contributed by atoms with Crippen LogP contribution in [0.5, 0.6) is 0 Å². The molecule has 7 nitrogen and oxygen atoms in total. The predicted octanol–water partition coefficient (Wildman–Crippen LogP) is 1.93. The van der Waals surface area contributed by atoms with Crippen LogP contribution < -0.4 is 4.72 Å². The number of carboxylic acid groups (broad SMARTS) is 1. The third-order valence-corrected chi connectivity index (χ3v) is 3.72. The molecule has 0 aliphatic rings. The second kappa shape index (κ2) is 5.33. The number of aromatic carboxylic acids is 1. The molecule has 0 radical (unpaired) electrons. The summed E-state index contributed by atoms with van der Waals surface area (Å²) < 4.78 is 63.8. The summed E-state index contributed by atoms with van der Waals surface area (Å²) in [5, 5.41) is 8.31. The van der Waals surface area contributed by atoms with Gasteiger partial charge in [-0.3, -0.25) is 4.72 Å². The van der Waals surface area contributed by atoms with E-state index in [1.165, 1.54) is 6.20 Å². The van der Waals surface area contributed by atoms with Gasteiger partial charge in [0.2, 0.25) is 5.16 Å². The van der Waals surface area contributed by atoms with E-state index in [4.69, 9.17) is 5.11 Å². The molecule has 0 amide bonds. The Hall–Kier alpha value is -2.56. The quantitative estimate of drug-likeness (QED) is 0.790. The molecule has 0 atom stereocenters. The topological polar surface area (TPSA) is 112 Å². The summed E-state index contributed by atoms with van der Waals surface area (Å²) in [6.07, 6.45) is -2.47. The Kier molecular flexibility index (Phi) is 3.83. The first-order valence-corrected chi connectivity index (χ1v) is 7.06. The van der Waals surface area contributed by atoms with Crippen LogP contribution in [0.25, 0.3) is 0 Å². The van der Waals surface area contributed by atoms with Gasteiger partial charge in [-0.1, -0.05) is 0 Å². The van der Waals surface area contributed by atoms with Crippen molar-refractivity contribution in [3.63, 3.8) is 0 Å². The van der Waals surface area contributed by atoms with Gasteiger partial charge in [0.25, 0.3) is 10.0 Å². The lowest BCUT2D eigenvalue weighted by Gasteiger charge is -2.11. The maximum absolute atomic E-state index is 12.7. The van der Waals surface area contributed by atoms with Crippen molar-refractivity contribution in [2.45, 2.75) is 11.3 Å². The maximum Gasteiger partial charge on any atom is 0.416 e. The zero-order chi connectivity index (χ0) is 16.5. The lowest BCUT2D eigenvalue weighted by molar-refractivity contribution is -0.137. The monoisotopic (exact) mass is 335 g/mol. The number of aromatic nitrogens is 2. The molecule has 0 bridgehead atoms. The fourth-order valence-electron chi connectivity index (χ4n) is 1.57. The van der Waals surface area contributed by atoms with Crippen molar-refractivity contribution in [2.75, 3.05) is 4.72 Å². The van der Waals surface area contributed by atoms with Gasteiger partial charge >= 0.3 is 12.1 Å². The Bertz CT molecular complexity index is 800. The van der Waals surface area contributed by atoms with Crippen LogP contribution in [-0.2, 0) is 16.2 Å². The number of nitrogens with zero attached hydrogens (tertiary/aromatic N) is 1. The molecule has 2 rings (SSSR count). The molecule has 0 spiro atoms. The minimum Gasteiger partial charge on any atom is -0.478 e. The van der Waals surface area contributed by atoms with E-state index in [9.17, 15) is 26.4 Å². The zero-order valence-corrected chi connectivity index (χ0v) is 11.4. The molecule has 1 aromatic carbocycles. The third kappa shape index (κ3) is 3.36. The number of halogens is 3. The van der Waals surface area contributed by atoms with Crippen molar-refractivity contribution in [3.8, 4) is 0 Å². The van der Waals surface area contributed by atoms with E-state index in [2.05, 4.69) is 9.97 Å². The molecule has 1 aromatic heterocycles. The van der Waals surface area contributed by atoms with Crippen LogP contribution in [0, 0.1) is 0 Å². The van der Waals surface area contributed by atoms with Crippen molar-refractivity contribution in [2.24, 2.45) is 0 Å². The Morgan fingerprint density at radius 3 is 2.45 bits per heavy atom. The first kappa shape index (κ1) is 15.8. The van der Waals surface area contributed by atoms with Crippen molar-refractivity contribution < 1.29 is 31.5 Å². The molecule has 0 saturated heterocycles. The summed E-state index contributed by atoms with van der Waals surface area (Å²) in [5.41, 5.74) is -2.53. The molecule has 0 fully saturated rings. The van der Waals surface area contributed by atoms with E-state index in [0.29, 0.717) is 12.1 Å². The number of hydrogen-bond acceptors (Lipinski definition) is 4. The summed E-state index contributed by atoms with van der Waals surface area (Å²) in [4.78, 5) is 16.6. The predicted molar refractivity (Wildman–Crippen MR) is 67.8 cm³/mol. The highest BCUT2D eigenvalue weighted by molar-refractivity contribution is 7.92. The number of alkyl halides is 3. The van der Waals surface area contributed by atoms with Gasteiger partial charge in [0.15, 0.2) is 0 Å². The highest BCUT2D eigenvalue weighted by Crippen LogP contribution is 2.32. The molecule has 118 valence electrons. The molecular weight excluding hydrogens is 327 g/mol. The lowest BCUT2D eigenvalue weighted by atomic mass is 10.1. The Labute approximate surface area is 121 Å². The first-order valence-electron chi connectivity index (χ1n) is 5.57. The molecule has 0 aliphatic heterocycles. The van der Waals surface area contributed by atoms with Gasteiger partial charge in [0.05, 0.1) is 16.8 Å². The van der Waals surface area contributed by atoms with Gasteiger partial charge in [-0.25, -0.2) is 9.78 Å². The number of imidazole rings is 1. The number of anilines is 1. The molecule has 3 N–H and O–H groups in total. The van der Waals surface area contributed by atoms with Gasteiger partial charge < -0.3 is 10.1 Å². The van der Waals surface area contributed by atoms with Crippen LogP contribution in [0.4, 0.5) is 18.9 Å². The Morgan fingerprint density at radius 1 is 1.27 bits per heavy atom. The fourth-order valence-corrected chi connectivity index (χ4v) is 2.52. The number of aromatic amines is 1. The molecule has 2 aromatic rings. The summed E-state index contributed by atoms with van der Waals surface area (Å²) in [7, 11) is -4.25. The number of carboxylic acids is 1. The minimum absolute atomic E-state index is 0.410. The molecule has 11 heteroatoms. The van der Waals surface area contributed by atoms with E-state index in [0.717, 1.165) is 12.3 Å². The van der Waals surface area contributed by atoms with E-state index in [1.807, 2.05) is 4.72 Å². The van der Waals surface area contributed by atoms with Gasteiger partial charge in [-0.2, -0.15) is 21.6 Å². The molecule has 0 saturated carbocycles. The van der Waals surface area contributed by atoms with Crippen LogP contribution in [0.2, 0.25) is 0 Å². The normalized spacial score (nSPS) is 12.1. The van der Waals surface area contributed by atoms with Gasteiger partial charge in [0, 0.05) is 12.4 Å². The largest absolute Gasteiger partial charge is 0.478 e. The van der Waals surface area contributed by atoms with Gasteiger partial charge in [0.1, 0.15) is 0 Å². The van der Waals surface area contributed by atoms with E-state index >= 15 is 0 Å². The van der Waals surface area contributed by atoms with E-state index in [-0.39, 0.29) is 0 Å². The second-order valence-corrected chi connectivity index (χ2v) is 5.70. The van der Waals surface area contributed by atoms with E-state index < -0.39 is 44.1 Å². The van der Waals surface area contributed by atoms with Crippen molar-refractivity contribution in [3.05, 3.63) is 41.7 Å². The number of benzene rings is 1. The first-order chi connectivity index (χ1) is 10.1. The van der Waals surface area contributed by atoms with Crippen LogP contribution in [0.3, 0.4) is 0 Å². The van der Waals surface area contributed by atoms with Crippen molar-refractivity contribution >= 4 is 21.7 Å². The average molecular weight is 335 g/mol. The summed E-state index contributed by atoms with van der Waals surface area (Å²) in [6, 6.07) is 1.68. The van der Waals surface area contributed by atoms with Crippen LogP contribution in [0.1, 0.15) is 15.9 Å². The standard InChI is InChI=1S/C11H8F3N3O4S/c12-11(13,14)7-3-6(9(18)19)4-8(5-7)17-22(20,21)10-15-1-2-16-10/h1-5,17H,(H,15,16)(H,18,19). The lowest BCUT2D eigenvalue weighted by Crippen LogP contribution is -2.16. The van der Waals surface area contributed by atoms with Crippen LogP contribution in [0.15, 0.2) is 35.7 Å². The van der Waals surface area contributed by atoms with Crippen LogP contribution >= 0.6 is 0 Å². The minimum atomic E-state index is -4.82. The second-order valence-electron chi connectivity index (χ2n) is 4.10. The fraction of sp³-hybridized carbons (Fsp3) is 0.0909. The Morgan fingerprint density at radius 2 is 1.95 bits per heavy atom. The average Bonchev–Trinajstić information content (AvgIpc) is 2.91. The molecular formula is C11H8F3N3O4S. The molecule has 0 unspecified atom stereocenters. The molecule has 1 heterocycles. The smallest absolute Gasteiger partial charge is 0.416 e. The maximum atomic E-state index is 12.7. The zero-order valence-electron chi connectivity index (χ0n) is 10.5. The number of carbonyl (C=O) groups is 1. The highest BCUT2D eigenvalue weighted by atomic mass is 32.2. The van der Waals surface area contributed by atoms with Crippen LogP contribution in [-0.4, -0.2) is 29.5 Å². The Balaban J connectivity index is 2.47. The number of hydrogen-bond donors (Lipinski definition) is 3. The van der Waals surface area contributed by atoms with Gasteiger partial charge in [-0.05, 0) is 18.2 Å². The van der Waals surface area contributed by atoms with Crippen molar-refractivity contribution in [1.82, 2.24) is 9.97 Å². The summed E-state index contributed by atoms with van der Waals surface area (Å²) in [6.45, 7) is 0. The molecule has 22 heavy (non-hydrogen) atoms. The number of rotatable bonds is 4. The van der Waals surface area contributed by atoms with Gasteiger partial charge in [-0.15, -0.1) is 0 Å². The molecule has 0 aliphatic carbocycles. The number of H-pyrrole nitrogens is 1. The third-order valence-electron chi connectivity index (χ3n) is 2.49. The van der Waals surface area contributed by atoms with Crippen molar-refractivity contribution in [1.29, 1.82) is 0 Å². The number of sulfonamides is 1. The van der Waals surface area contributed by atoms with E-state index in [1.54, 1.807) is 0 Å². The summed E-state index contributed by atoms with van der Waals surface area (Å²) in [5.74, 6) is -1.62.